The Labute approximate surface area is 195 Å². The normalized spacial score (nSPS) is 25.3. The van der Waals surface area contributed by atoms with Crippen molar-refractivity contribution in [2.75, 3.05) is 10.6 Å². The van der Waals surface area contributed by atoms with Gasteiger partial charge in [-0.05, 0) is 91.7 Å². The zero-order valence-corrected chi connectivity index (χ0v) is 21.0. The van der Waals surface area contributed by atoms with E-state index in [0.29, 0.717) is 37.6 Å². The number of aromatic nitrogens is 3. The molecule has 184 valence electrons. The van der Waals surface area contributed by atoms with Crippen LogP contribution in [0.1, 0.15) is 81.1 Å². The molecule has 4 N–H and O–H groups in total. The van der Waals surface area contributed by atoms with Crippen molar-refractivity contribution < 1.29 is 10.4 Å². The number of nitrogens with one attached hydrogen (secondary N) is 2. The van der Waals surface area contributed by atoms with Crippen LogP contribution in [0, 0.1) is 0 Å². The van der Waals surface area contributed by atoms with Gasteiger partial charge in [0.25, 0.3) is 0 Å². The molecule has 0 atom stereocenters. The van der Waals surface area contributed by atoms with Crippen LogP contribution in [-0.2, 0) is 0 Å². The molecular weight excluding hydrogens is 424 g/mol. The third kappa shape index (κ3) is 5.47. The lowest BCUT2D eigenvalue weighted by Gasteiger charge is -2.51. The minimum atomic E-state index is -0.434. The molecule has 12 nitrogen and oxygen atoms in total. The van der Waals surface area contributed by atoms with Crippen molar-refractivity contribution in [3.8, 4) is 0 Å². The van der Waals surface area contributed by atoms with Crippen molar-refractivity contribution in [1.82, 2.24) is 25.1 Å². The van der Waals surface area contributed by atoms with Crippen LogP contribution in [0.25, 0.3) is 10.4 Å². The zero-order valence-electron chi connectivity index (χ0n) is 21.0. The standard InChI is InChI=1S/C21H38N10O2/c1-18(2)9-13(10-19(3,4)30(18)32)23-15-25-16(27-17(26-15)28-29-22)24-14-11-20(5,6)31(33)21(7,8)12-14/h13-14,32-33H,9-12H2,1-8H3,(H2,23,24,25,26,27). The molecule has 12 heteroatoms. The van der Waals surface area contributed by atoms with Gasteiger partial charge in [-0.25, -0.2) is 0 Å². The molecule has 33 heavy (non-hydrogen) atoms. The van der Waals surface area contributed by atoms with E-state index >= 15 is 0 Å². The van der Waals surface area contributed by atoms with E-state index in [1.807, 2.05) is 55.4 Å². The average Bonchev–Trinajstić information content (AvgIpc) is 2.63. The molecule has 2 saturated heterocycles. The summed E-state index contributed by atoms with van der Waals surface area (Å²) >= 11 is 0. The van der Waals surface area contributed by atoms with E-state index in [1.165, 1.54) is 10.1 Å². The zero-order chi connectivity index (χ0) is 24.8. The second kappa shape index (κ2) is 8.52. The van der Waals surface area contributed by atoms with Crippen molar-refractivity contribution in [2.24, 2.45) is 5.11 Å². The van der Waals surface area contributed by atoms with E-state index in [1.54, 1.807) is 0 Å². The smallest absolute Gasteiger partial charge is 0.228 e. The summed E-state index contributed by atoms with van der Waals surface area (Å²) in [5.41, 5.74) is 7.19. The highest BCUT2D eigenvalue weighted by Gasteiger charge is 2.46. The fourth-order valence-corrected chi connectivity index (χ4v) is 5.69. The monoisotopic (exact) mass is 462 g/mol. The lowest BCUT2D eigenvalue weighted by Crippen LogP contribution is -2.61. The second-order valence-corrected chi connectivity index (χ2v) is 11.8. The van der Waals surface area contributed by atoms with Crippen LogP contribution in [0.4, 0.5) is 17.8 Å². The van der Waals surface area contributed by atoms with Gasteiger partial charge in [-0.2, -0.15) is 25.1 Å². The number of hydroxylamine groups is 4. The Kier molecular flexibility index (Phi) is 6.55. The van der Waals surface area contributed by atoms with Gasteiger partial charge >= 0.3 is 0 Å². The van der Waals surface area contributed by atoms with E-state index in [9.17, 15) is 10.4 Å². The molecule has 0 unspecified atom stereocenters. The molecule has 0 aromatic carbocycles. The Morgan fingerprint density at radius 1 is 0.758 bits per heavy atom. The van der Waals surface area contributed by atoms with Gasteiger partial charge in [-0.15, -0.1) is 0 Å². The summed E-state index contributed by atoms with van der Waals surface area (Å²) in [7, 11) is 0. The summed E-state index contributed by atoms with van der Waals surface area (Å²) in [6, 6.07) is 0.00567. The summed E-state index contributed by atoms with van der Waals surface area (Å²) in [6.45, 7) is 15.9. The molecule has 1 aromatic heterocycles. The van der Waals surface area contributed by atoms with Crippen LogP contribution in [-0.4, -0.2) is 69.7 Å². The first-order valence-corrected chi connectivity index (χ1v) is 11.4. The molecule has 2 aliphatic heterocycles. The summed E-state index contributed by atoms with van der Waals surface area (Å²) in [5, 5.41) is 34.3. The van der Waals surface area contributed by atoms with E-state index < -0.39 is 22.2 Å². The maximum absolute atomic E-state index is 10.6. The molecule has 0 spiro atoms. The Bertz CT molecular complexity index is 827. The van der Waals surface area contributed by atoms with Crippen molar-refractivity contribution in [3.63, 3.8) is 0 Å². The van der Waals surface area contributed by atoms with Gasteiger partial charge in [0, 0.05) is 39.2 Å². The van der Waals surface area contributed by atoms with Gasteiger partial charge in [0.2, 0.25) is 17.8 Å². The summed E-state index contributed by atoms with van der Waals surface area (Å²) in [4.78, 5) is 15.9. The van der Waals surface area contributed by atoms with E-state index in [4.69, 9.17) is 5.53 Å². The van der Waals surface area contributed by atoms with Crippen LogP contribution in [0.15, 0.2) is 5.11 Å². The fraction of sp³-hybridized carbons (Fsp3) is 0.857. The third-order valence-electron chi connectivity index (χ3n) is 6.70. The molecule has 1 aromatic rings. The maximum Gasteiger partial charge on any atom is 0.228 e. The first-order valence-electron chi connectivity index (χ1n) is 11.4. The highest BCUT2D eigenvalue weighted by Crippen LogP contribution is 2.39. The van der Waals surface area contributed by atoms with Gasteiger partial charge in [0.15, 0.2) is 0 Å². The summed E-state index contributed by atoms with van der Waals surface area (Å²) in [5.74, 6) is 0.612. The number of hydrogen-bond acceptors (Lipinski definition) is 10. The molecule has 0 aliphatic carbocycles. The van der Waals surface area contributed by atoms with Crippen molar-refractivity contribution >= 4 is 17.8 Å². The van der Waals surface area contributed by atoms with E-state index in [2.05, 4.69) is 35.6 Å². The molecule has 2 aliphatic rings. The molecule has 3 heterocycles. The molecule has 0 amide bonds. The Hall–Kier alpha value is -2.24. The predicted molar refractivity (Wildman–Crippen MR) is 125 cm³/mol. The van der Waals surface area contributed by atoms with E-state index in [-0.39, 0.29) is 18.0 Å². The van der Waals surface area contributed by atoms with Gasteiger partial charge in [-0.3, -0.25) is 0 Å². The highest BCUT2D eigenvalue weighted by molar-refractivity contribution is 5.41. The first kappa shape index (κ1) is 25.4. The third-order valence-corrected chi connectivity index (χ3v) is 6.70. The minimum absolute atomic E-state index is 0.00283. The number of azide groups is 1. The van der Waals surface area contributed by atoms with Crippen molar-refractivity contribution in [3.05, 3.63) is 10.4 Å². The topological polar surface area (TPSA) is 158 Å². The lowest BCUT2D eigenvalue weighted by molar-refractivity contribution is -0.243. The van der Waals surface area contributed by atoms with Gasteiger partial charge in [0.1, 0.15) is 0 Å². The average molecular weight is 463 g/mol. The van der Waals surface area contributed by atoms with Crippen LogP contribution in [0.3, 0.4) is 0 Å². The van der Waals surface area contributed by atoms with Gasteiger partial charge in [-0.1, -0.05) is 0 Å². The van der Waals surface area contributed by atoms with Crippen molar-refractivity contribution in [1.29, 1.82) is 0 Å². The molecule has 0 radical (unpaired) electrons. The Morgan fingerprint density at radius 3 is 1.39 bits per heavy atom. The first-order chi connectivity index (χ1) is 15.1. The molecule has 3 rings (SSSR count). The number of piperidine rings is 2. The summed E-state index contributed by atoms with van der Waals surface area (Å²) < 4.78 is 0. The van der Waals surface area contributed by atoms with Crippen molar-refractivity contribution in [2.45, 2.75) is 115 Å². The van der Waals surface area contributed by atoms with Gasteiger partial charge < -0.3 is 21.0 Å². The number of rotatable bonds is 5. The van der Waals surface area contributed by atoms with Crippen LogP contribution >= 0.6 is 0 Å². The molecule has 2 fully saturated rings. The quantitative estimate of drug-likeness (QED) is 0.281. The maximum atomic E-state index is 10.6. The second-order valence-electron chi connectivity index (χ2n) is 11.8. The SMILES string of the molecule is CC1(C)CC(Nc2nc(N=[N+]=[N-])nc(NC3CC(C)(C)N(O)C(C)(C)C3)n2)CC(C)(C)N1O. The van der Waals surface area contributed by atoms with E-state index in [0.717, 1.165) is 0 Å². The molecule has 0 saturated carbocycles. The molecule has 0 bridgehead atoms. The summed E-state index contributed by atoms with van der Waals surface area (Å²) in [6.07, 6.45) is 2.70. The number of anilines is 2. The predicted octanol–water partition coefficient (Wildman–Crippen LogP) is 4.46. The minimum Gasteiger partial charge on any atom is -0.351 e. The number of nitrogens with zero attached hydrogens (tertiary/aromatic N) is 8. The van der Waals surface area contributed by atoms with Crippen LogP contribution < -0.4 is 10.6 Å². The molecular formula is C21H38N10O2. The largest absolute Gasteiger partial charge is 0.351 e. The number of hydrogen-bond donors (Lipinski definition) is 4. The highest BCUT2D eigenvalue weighted by atomic mass is 16.5. The Balaban J connectivity index is 1.84. The Morgan fingerprint density at radius 2 is 1.09 bits per heavy atom. The fourth-order valence-electron chi connectivity index (χ4n) is 5.69. The van der Waals surface area contributed by atoms with Crippen LogP contribution in [0.2, 0.25) is 0 Å². The lowest BCUT2D eigenvalue weighted by atomic mass is 9.79. The van der Waals surface area contributed by atoms with Gasteiger partial charge in [0.05, 0.1) is 0 Å². The van der Waals surface area contributed by atoms with Crippen LogP contribution in [0.5, 0.6) is 0 Å².